The van der Waals surface area contributed by atoms with E-state index in [1.54, 1.807) is 6.08 Å². The van der Waals surface area contributed by atoms with Gasteiger partial charge in [0.15, 0.2) is 6.29 Å². The van der Waals surface area contributed by atoms with Crippen molar-refractivity contribution >= 4 is 5.91 Å². The first-order valence-electron chi connectivity index (χ1n) is 19.9. The van der Waals surface area contributed by atoms with Gasteiger partial charge in [-0.3, -0.25) is 4.79 Å². The Balaban J connectivity index is 2.36. The van der Waals surface area contributed by atoms with Gasteiger partial charge in [-0.2, -0.15) is 0 Å². The van der Waals surface area contributed by atoms with Crippen LogP contribution in [-0.2, 0) is 14.3 Å². The first-order chi connectivity index (χ1) is 23.3. The number of rotatable bonds is 32. The molecule has 0 aromatic rings. The van der Waals surface area contributed by atoms with E-state index in [2.05, 4.69) is 19.2 Å². The normalized spacial score (nSPS) is 22.7. The van der Waals surface area contributed by atoms with Crippen LogP contribution in [0.2, 0.25) is 0 Å². The molecule has 284 valence electrons. The van der Waals surface area contributed by atoms with Gasteiger partial charge in [0, 0.05) is 6.42 Å². The molecule has 0 bridgehead atoms. The zero-order valence-corrected chi connectivity index (χ0v) is 30.7. The number of unbranched alkanes of at least 4 members (excludes halogenated alkanes) is 22. The molecule has 0 aromatic carbocycles. The van der Waals surface area contributed by atoms with Crippen molar-refractivity contribution in [1.82, 2.24) is 5.32 Å². The number of amides is 1. The molecule has 1 aliphatic heterocycles. The lowest BCUT2D eigenvalue weighted by atomic mass is 9.99. The van der Waals surface area contributed by atoms with E-state index in [1.165, 1.54) is 116 Å². The van der Waals surface area contributed by atoms with Crippen LogP contribution in [0, 0.1) is 0 Å². The predicted octanol–water partition coefficient (Wildman–Crippen LogP) is 7.00. The van der Waals surface area contributed by atoms with E-state index in [0.717, 1.165) is 38.5 Å². The minimum absolute atomic E-state index is 0.184. The number of nitrogens with one attached hydrogen (secondary N) is 1. The average molecular weight is 686 g/mol. The number of hydrogen-bond donors (Lipinski definition) is 6. The summed E-state index contributed by atoms with van der Waals surface area (Å²) in [6, 6.07) is -0.795. The molecule has 9 heteroatoms. The van der Waals surface area contributed by atoms with Crippen LogP contribution in [-0.4, -0.2) is 87.5 Å². The summed E-state index contributed by atoms with van der Waals surface area (Å²) < 4.78 is 11.1. The van der Waals surface area contributed by atoms with E-state index >= 15 is 0 Å². The van der Waals surface area contributed by atoms with Gasteiger partial charge >= 0.3 is 0 Å². The lowest BCUT2D eigenvalue weighted by Gasteiger charge is -2.40. The Morgan fingerprint density at radius 2 is 1.15 bits per heavy atom. The third-order valence-electron chi connectivity index (χ3n) is 9.61. The Morgan fingerprint density at radius 3 is 1.62 bits per heavy atom. The van der Waals surface area contributed by atoms with Crippen LogP contribution < -0.4 is 5.32 Å². The van der Waals surface area contributed by atoms with Crippen molar-refractivity contribution in [3.05, 3.63) is 12.2 Å². The van der Waals surface area contributed by atoms with Crippen molar-refractivity contribution in [3.63, 3.8) is 0 Å². The third-order valence-corrected chi connectivity index (χ3v) is 9.61. The quantitative estimate of drug-likeness (QED) is 0.0328. The largest absolute Gasteiger partial charge is 0.394 e. The number of ether oxygens (including phenoxy) is 2. The molecule has 1 aliphatic rings. The van der Waals surface area contributed by atoms with E-state index in [1.807, 2.05) is 6.08 Å². The average Bonchev–Trinajstić information content (AvgIpc) is 3.08. The molecule has 48 heavy (non-hydrogen) atoms. The summed E-state index contributed by atoms with van der Waals surface area (Å²) in [5.74, 6) is -0.184. The second-order valence-electron chi connectivity index (χ2n) is 14.1. The summed E-state index contributed by atoms with van der Waals surface area (Å²) in [4.78, 5) is 12.8. The topological polar surface area (TPSA) is 149 Å². The van der Waals surface area contributed by atoms with Crippen LogP contribution >= 0.6 is 0 Å². The zero-order valence-electron chi connectivity index (χ0n) is 30.7. The van der Waals surface area contributed by atoms with Gasteiger partial charge in [-0.05, 0) is 19.3 Å². The molecule has 1 saturated heterocycles. The van der Waals surface area contributed by atoms with Gasteiger partial charge in [0.05, 0.1) is 25.4 Å². The lowest BCUT2D eigenvalue weighted by Crippen LogP contribution is -2.60. The maximum atomic E-state index is 12.8. The Bertz CT molecular complexity index is 766. The second-order valence-corrected chi connectivity index (χ2v) is 14.1. The summed E-state index contributed by atoms with van der Waals surface area (Å²) >= 11 is 0. The van der Waals surface area contributed by atoms with Gasteiger partial charge in [-0.25, -0.2) is 0 Å². The maximum Gasteiger partial charge on any atom is 0.220 e. The van der Waals surface area contributed by atoms with Gasteiger partial charge < -0.3 is 40.3 Å². The Kier molecular flexibility index (Phi) is 28.8. The Labute approximate surface area is 293 Å². The standard InChI is InChI=1S/C39H75NO8/c1-3-5-7-9-11-12-13-14-15-16-17-18-19-20-21-23-24-26-28-33(42)32(40-35(43)29-27-25-22-10-8-6-4-2)31-47-39-38(46)37(45)36(44)34(30-41)48-39/h26,28,32-34,36-39,41-42,44-46H,3-25,27,29-31H2,1-2H3,(H,40,43)/b28-26+. The van der Waals surface area contributed by atoms with Crippen LogP contribution in [0.5, 0.6) is 0 Å². The maximum absolute atomic E-state index is 12.8. The monoisotopic (exact) mass is 686 g/mol. The van der Waals surface area contributed by atoms with Crippen LogP contribution in [0.25, 0.3) is 0 Å². The molecular formula is C39H75NO8. The molecule has 6 N–H and O–H groups in total. The van der Waals surface area contributed by atoms with Crippen LogP contribution in [0.4, 0.5) is 0 Å². The highest BCUT2D eigenvalue weighted by Gasteiger charge is 2.44. The molecule has 1 rings (SSSR count). The molecule has 0 radical (unpaired) electrons. The first kappa shape index (κ1) is 45.0. The summed E-state index contributed by atoms with van der Waals surface area (Å²) in [5, 5.41) is 53.8. The number of hydrogen-bond acceptors (Lipinski definition) is 8. The zero-order chi connectivity index (χ0) is 35.2. The molecule has 0 aromatic heterocycles. The number of carbonyl (C=O) groups is 1. The second kappa shape index (κ2) is 30.7. The smallest absolute Gasteiger partial charge is 0.220 e. The summed E-state index contributed by atoms with van der Waals surface area (Å²) in [6.07, 6.45) is 25.6. The summed E-state index contributed by atoms with van der Waals surface area (Å²) in [6.45, 7) is 3.71. The fourth-order valence-electron chi connectivity index (χ4n) is 6.33. The predicted molar refractivity (Wildman–Crippen MR) is 194 cm³/mol. The van der Waals surface area contributed by atoms with E-state index in [9.17, 15) is 30.3 Å². The lowest BCUT2D eigenvalue weighted by molar-refractivity contribution is -0.302. The Hall–Kier alpha value is -1.07. The molecule has 0 saturated carbocycles. The third kappa shape index (κ3) is 21.9. The Morgan fingerprint density at radius 1 is 0.688 bits per heavy atom. The van der Waals surface area contributed by atoms with Crippen LogP contribution in [0.15, 0.2) is 12.2 Å². The van der Waals surface area contributed by atoms with Gasteiger partial charge in [-0.1, -0.05) is 161 Å². The van der Waals surface area contributed by atoms with E-state index in [0.29, 0.717) is 6.42 Å². The molecule has 0 aliphatic carbocycles. The number of allylic oxidation sites excluding steroid dienone is 1. The highest BCUT2D eigenvalue weighted by atomic mass is 16.7. The van der Waals surface area contributed by atoms with Gasteiger partial charge in [0.2, 0.25) is 5.91 Å². The molecule has 1 fully saturated rings. The fraction of sp³-hybridized carbons (Fsp3) is 0.923. The SMILES string of the molecule is CCCCCCCCCCCCCCCCCC/C=C/C(O)C(COC1OC(CO)C(O)C(O)C1O)NC(=O)CCCCCCCCC. The molecule has 1 amide bonds. The molecular weight excluding hydrogens is 610 g/mol. The van der Waals surface area contributed by atoms with Crippen molar-refractivity contribution in [2.45, 2.75) is 217 Å². The van der Waals surface area contributed by atoms with Crippen molar-refractivity contribution in [3.8, 4) is 0 Å². The van der Waals surface area contributed by atoms with Crippen molar-refractivity contribution < 1.29 is 39.8 Å². The first-order valence-corrected chi connectivity index (χ1v) is 19.9. The van der Waals surface area contributed by atoms with Crippen LogP contribution in [0.1, 0.15) is 174 Å². The molecule has 7 unspecified atom stereocenters. The minimum Gasteiger partial charge on any atom is -0.394 e. The van der Waals surface area contributed by atoms with E-state index in [4.69, 9.17) is 9.47 Å². The van der Waals surface area contributed by atoms with E-state index < -0.39 is 49.5 Å². The number of carbonyl (C=O) groups excluding carboxylic acids is 1. The van der Waals surface area contributed by atoms with Crippen molar-refractivity contribution in [2.24, 2.45) is 0 Å². The highest BCUT2D eigenvalue weighted by Crippen LogP contribution is 2.22. The fourth-order valence-corrected chi connectivity index (χ4v) is 6.33. The van der Waals surface area contributed by atoms with Crippen molar-refractivity contribution in [2.75, 3.05) is 13.2 Å². The highest BCUT2D eigenvalue weighted by molar-refractivity contribution is 5.76. The van der Waals surface area contributed by atoms with Crippen molar-refractivity contribution in [1.29, 1.82) is 0 Å². The van der Waals surface area contributed by atoms with E-state index in [-0.39, 0.29) is 12.5 Å². The van der Waals surface area contributed by atoms with Gasteiger partial charge in [0.1, 0.15) is 24.4 Å². The molecule has 0 spiro atoms. The molecule has 9 nitrogen and oxygen atoms in total. The number of aliphatic hydroxyl groups excluding tert-OH is 5. The molecule has 7 atom stereocenters. The van der Waals surface area contributed by atoms with Crippen LogP contribution in [0.3, 0.4) is 0 Å². The minimum atomic E-state index is -1.56. The van der Waals surface area contributed by atoms with Gasteiger partial charge in [0.25, 0.3) is 0 Å². The summed E-state index contributed by atoms with van der Waals surface area (Å²) in [5.41, 5.74) is 0. The molecule has 1 heterocycles. The van der Waals surface area contributed by atoms with Gasteiger partial charge in [-0.15, -0.1) is 0 Å². The summed E-state index contributed by atoms with van der Waals surface area (Å²) in [7, 11) is 0. The number of aliphatic hydroxyl groups is 5.